The Morgan fingerprint density at radius 1 is 1.38 bits per heavy atom. The van der Waals surface area contributed by atoms with E-state index in [1.54, 1.807) is 0 Å². The fraction of sp³-hybridized carbons (Fsp3) is 0.600. The lowest BCUT2D eigenvalue weighted by molar-refractivity contribution is 0.595. The van der Waals surface area contributed by atoms with Crippen LogP contribution in [0.15, 0.2) is 0 Å². The Labute approximate surface area is 95.2 Å². The molecule has 0 unspecified atom stereocenters. The molecule has 0 saturated carbocycles. The van der Waals surface area contributed by atoms with E-state index in [0.29, 0.717) is 12.4 Å². The van der Waals surface area contributed by atoms with E-state index >= 15 is 0 Å². The first-order valence-corrected chi connectivity index (χ1v) is 7.25. The van der Waals surface area contributed by atoms with Crippen molar-refractivity contribution in [1.29, 1.82) is 0 Å². The molecular formula is C10H15N3O2S. The molecule has 1 aliphatic rings. The predicted octanol–water partition coefficient (Wildman–Crippen LogP) is -0.0247. The third kappa shape index (κ3) is 2.56. The van der Waals surface area contributed by atoms with Crippen LogP contribution >= 0.6 is 0 Å². The van der Waals surface area contributed by atoms with Gasteiger partial charge in [0.15, 0.2) is 9.84 Å². The summed E-state index contributed by atoms with van der Waals surface area (Å²) in [4.78, 5) is 8.56. The van der Waals surface area contributed by atoms with Crippen molar-refractivity contribution < 1.29 is 8.42 Å². The van der Waals surface area contributed by atoms with Gasteiger partial charge in [0.05, 0.1) is 5.69 Å². The largest absolute Gasteiger partial charge is 0.311 e. The minimum atomic E-state index is -3.07. The molecule has 1 aromatic rings. The highest BCUT2D eigenvalue weighted by molar-refractivity contribution is 7.89. The first-order chi connectivity index (χ1) is 7.46. The Kier molecular flexibility index (Phi) is 2.94. The van der Waals surface area contributed by atoms with Crippen LogP contribution in [-0.2, 0) is 28.6 Å². The molecular weight excluding hydrogens is 226 g/mol. The van der Waals surface area contributed by atoms with E-state index in [1.807, 2.05) is 6.92 Å². The molecule has 5 nitrogen and oxygen atoms in total. The van der Waals surface area contributed by atoms with Gasteiger partial charge in [0.25, 0.3) is 0 Å². The average molecular weight is 241 g/mol. The molecule has 0 fully saturated rings. The van der Waals surface area contributed by atoms with Crippen molar-refractivity contribution >= 4 is 9.84 Å². The minimum absolute atomic E-state index is 0.0822. The Morgan fingerprint density at radius 2 is 2.12 bits per heavy atom. The quantitative estimate of drug-likeness (QED) is 0.787. The Bertz CT molecular complexity index is 511. The molecule has 1 aliphatic heterocycles. The molecule has 0 saturated heterocycles. The van der Waals surface area contributed by atoms with Gasteiger partial charge < -0.3 is 5.32 Å². The minimum Gasteiger partial charge on any atom is -0.311 e. The van der Waals surface area contributed by atoms with Gasteiger partial charge in [-0.1, -0.05) is 0 Å². The number of aryl methyl sites for hydroxylation is 1. The van der Waals surface area contributed by atoms with E-state index in [-0.39, 0.29) is 5.75 Å². The highest BCUT2D eigenvalue weighted by Crippen LogP contribution is 2.15. The van der Waals surface area contributed by atoms with Gasteiger partial charge >= 0.3 is 0 Å². The summed E-state index contributed by atoms with van der Waals surface area (Å²) < 4.78 is 22.4. The van der Waals surface area contributed by atoms with Crippen LogP contribution in [0.4, 0.5) is 0 Å². The smallest absolute Gasteiger partial charge is 0.154 e. The second-order valence-corrected chi connectivity index (χ2v) is 6.29. The fourth-order valence-electron chi connectivity index (χ4n) is 1.91. The Morgan fingerprint density at radius 3 is 2.81 bits per heavy atom. The molecule has 0 amide bonds. The van der Waals surface area contributed by atoms with Gasteiger partial charge in [-0.2, -0.15) is 0 Å². The lowest BCUT2D eigenvalue weighted by atomic mass is 10.1. The molecule has 2 heterocycles. The molecule has 1 N–H and O–H groups in total. The normalized spacial score (nSPS) is 15.9. The molecule has 0 bridgehead atoms. The van der Waals surface area contributed by atoms with Crippen molar-refractivity contribution in [2.45, 2.75) is 25.6 Å². The lowest BCUT2D eigenvalue weighted by Gasteiger charge is -2.18. The van der Waals surface area contributed by atoms with E-state index in [0.717, 1.165) is 29.9 Å². The average Bonchev–Trinajstić information content (AvgIpc) is 2.15. The molecule has 0 spiro atoms. The van der Waals surface area contributed by atoms with Crippen molar-refractivity contribution in [3.05, 3.63) is 22.8 Å². The van der Waals surface area contributed by atoms with E-state index < -0.39 is 9.84 Å². The number of sulfone groups is 1. The van der Waals surface area contributed by atoms with Crippen molar-refractivity contribution in [2.75, 3.05) is 12.8 Å². The number of hydrogen-bond donors (Lipinski definition) is 1. The maximum absolute atomic E-state index is 11.2. The van der Waals surface area contributed by atoms with Crippen LogP contribution in [0.5, 0.6) is 0 Å². The molecule has 2 rings (SSSR count). The van der Waals surface area contributed by atoms with Crippen molar-refractivity contribution in [1.82, 2.24) is 15.3 Å². The van der Waals surface area contributed by atoms with E-state index in [2.05, 4.69) is 15.3 Å². The van der Waals surface area contributed by atoms with Crippen LogP contribution in [-0.4, -0.2) is 31.2 Å². The summed E-state index contributed by atoms with van der Waals surface area (Å²) in [6, 6.07) is 0. The molecule has 0 atom stereocenters. The molecule has 0 aliphatic carbocycles. The first-order valence-electron chi connectivity index (χ1n) is 5.19. The summed E-state index contributed by atoms with van der Waals surface area (Å²) in [5, 5.41) is 3.22. The first kappa shape index (κ1) is 11.5. The lowest BCUT2D eigenvalue weighted by Crippen LogP contribution is -2.27. The van der Waals surface area contributed by atoms with E-state index in [9.17, 15) is 8.42 Å². The van der Waals surface area contributed by atoms with Crippen LogP contribution in [0, 0.1) is 6.92 Å². The summed E-state index contributed by atoms with van der Waals surface area (Å²) in [5.74, 6) is 0.323. The third-order valence-corrected chi connectivity index (χ3v) is 3.36. The second-order valence-electron chi connectivity index (χ2n) is 4.15. The number of nitrogens with one attached hydrogen (secondary N) is 1. The number of nitrogens with zero attached hydrogens (tertiary/aromatic N) is 2. The van der Waals surface area contributed by atoms with Crippen molar-refractivity contribution in [3.63, 3.8) is 0 Å². The molecule has 16 heavy (non-hydrogen) atoms. The third-order valence-electron chi connectivity index (χ3n) is 2.58. The molecule has 0 aromatic carbocycles. The second kappa shape index (κ2) is 4.10. The summed E-state index contributed by atoms with van der Waals surface area (Å²) in [7, 11) is -3.07. The summed E-state index contributed by atoms with van der Waals surface area (Å²) >= 11 is 0. The fourth-order valence-corrected chi connectivity index (χ4v) is 2.51. The number of fused-ring (bicyclic) bond motifs is 1. The van der Waals surface area contributed by atoms with Crippen LogP contribution < -0.4 is 5.32 Å². The Hall–Kier alpha value is -1.01. The van der Waals surface area contributed by atoms with Crippen LogP contribution in [0.25, 0.3) is 0 Å². The van der Waals surface area contributed by atoms with Crippen molar-refractivity contribution in [3.8, 4) is 0 Å². The van der Waals surface area contributed by atoms with Crippen LogP contribution in [0.3, 0.4) is 0 Å². The zero-order valence-electron chi connectivity index (χ0n) is 9.45. The molecule has 1 aromatic heterocycles. The number of rotatable bonds is 2. The van der Waals surface area contributed by atoms with Gasteiger partial charge in [0.1, 0.15) is 11.6 Å². The summed E-state index contributed by atoms with van der Waals surface area (Å²) in [6.07, 6.45) is 2.11. The van der Waals surface area contributed by atoms with E-state index in [1.165, 1.54) is 6.26 Å². The molecule has 0 radical (unpaired) electrons. The van der Waals surface area contributed by atoms with Gasteiger partial charge in [0, 0.05) is 18.5 Å². The SMILES string of the molecule is Cc1nc(CS(C)(=O)=O)nc2c1CCNC2. The highest BCUT2D eigenvalue weighted by atomic mass is 32.2. The monoisotopic (exact) mass is 241 g/mol. The van der Waals surface area contributed by atoms with Gasteiger partial charge in [-0.05, 0) is 25.5 Å². The number of aromatic nitrogens is 2. The Balaban J connectivity index is 2.39. The maximum Gasteiger partial charge on any atom is 0.154 e. The summed E-state index contributed by atoms with van der Waals surface area (Å²) in [6.45, 7) is 3.55. The van der Waals surface area contributed by atoms with Gasteiger partial charge in [-0.15, -0.1) is 0 Å². The van der Waals surface area contributed by atoms with Crippen LogP contribution in [0.1, 0.15) is 22.8 Å². The standard InChI is InChI=1S/C10H15N3O2S/c1-7-8-3-4-11-5-9(8)13-10(12-7)6-16(2,14)15/h11H,3-6H2,1-2H3. The highest BCUT2D eigenvalue weighted by Gasteiger charge is 2.16. The van der Waals surface area contributed by atoms with Gasteiger partial charge in [-0.3, -0.25) is 0 Å². The van der Waals surface area contributed by atoms with Crippen LogP contribution in [0.2, 0.25) is 0 Å². The molecule has 6 heteroatoms. The zero-order chi connectivity index (χ0) is 11.8. The zero-order valence-corrected chi connectivity index (χ0v) is 10.3. The van der Waals surface area contributed by atoms with E-state index in [4.69, 9.17) is 0 Å². The summed E-state index contributed by atoms with van der Waals surface area (Å²) in [5.41, 5.74) is 3.01. The maximum atomic E-state index is 11.2. The number of hydrogen-bond acceptors (Lipinski definition) is 5. The topological polar surface area (TPSA) is 72.0 Å². The predicted molar refractivity (Wildman–Crippen MR) is 60.7 cm³/mol. The van der Waals surface area contributed by atoms with Gasteiger partial charge in [-0.25, -0.2) is 18.4 Å². The van der Waals surface area contributed by atoms with Gasteiger partial charge in [0.2, 0.25) is 0 Å². The van der Waals surface area contributed by atoms with Crippen molar-refractivity contribution in [2.24, 2.45) is 0 Å². The molecule has 88 valence electrons.